The number of rotatable bonds is 2. The van der Waals surface area contributed by atoms with Crippen LogP contribution in [0.25, 0.3) is 0 Å². The molecule has 0 bridgehead atoms. The molecule has 64 valence electrons. The molecular weight excluding hydrogens is 164 g/mol. The Kier molecular flexibility index (Phi) is 3.18. The Labute approximate surface area is 71.9 Å². The van der Waals surface area contributed by atoms with Gasteiger partial charge in [0.15, 0.2) is 0 Å². The van der Waals surface area contributed by atoms with Crippen LogP contribution in [0.2, 0.25) is 0 Å². The van der Waals surface area contributed by atoms with E-state index in [4.69, 9.17) is 11.6 Å². The van der Waals surface area contributed by atoms with Crippen LogP contribution in [-0.2, 0) is 9.53 Å². The first kappa shape index (κ1) is 8.85. The summed E-state index contributed by atoms with van der Waals surface area (Å²) >= 11 is 5.86. The summed E-state index contributed by atoms with van der Waals surface area (Å²) in [6.45, 7) is 0. The number of carbonyl (C=O) groups excluding carboxylic acids is 1. The number of alkyl halides is 1. The maximum absolute atomic E-state index is 10.9. The summed E-state index contributed by atoms with van der Waals surface area (Å²) in [6.07, 6.45) is 4.54. The van der Waals surface area contributed by atoms with Gasteiger partial charge in [0.05, 0.1) is 7.11 Å². The summed E-state index contributed by atoms with van der Waals surface area (Å²) in [4.78, 5) is 10.9. The van der Waals surface area contributed by atoms with Crippen LogP contribution in [0.1, 0.15) is 25.7 Å². The third-order valence-electron chi connectivity index (χ3n) is 2.24. The standard InChI is InChI=1S/C8H13ClO2/c1-11-8(10)7(9)6-4-2-3-5-6/h6-7H,2-5H2,1H3. The van der Waals surface area contributed by atoms with Crippen molar-refractivity contribution in [2.45, 2.75) is 31.1 Å². The molecule has 0 heterocycles. The van der Waals surface area contributed by atoms with Crippen LogP contribution in [0, 0.1) is 5.92 Å². The first-order valence-corrected chi connectivity index (χ1v) is 4.41. The Morgan fingerprint density at radius 1 is 1.55 bits per heavy atom. The molecule has 1 aliphatic carbocycles. The van der Waals surface area contributed by atoms with E-state index in [9.17, 15) is 4.79 Å². The number of hydrogen-bond donors (Lipinski definition) is 0. The van der Waals surface area contributed by atoms with E-state index in [1.54, 1.807) is 0 Å². The fourth-order valence-electron chi connectivity index (χ4n) is 1.56. The number of halogens is 1. The summed E-state index contributed by atoms with van der Waals surface area (Å²) in [5.41, 5.74) is 0. The molecule has 11 heavy (non-hydrogen) atoms. The van der Waals surface area contributed by atoms with Crippen LogP contribution in [0.4, 0.5) is 0 Å². The zero-order chi connectivity index (χ0) is 8.27. The van der Waals surface area contributed by atoms with Gasteiger partial charge >= 0.3 is 5.97 Å². The first-order chi connectivity index (χ1) is 5.25. The van der Waals surface area contributed by atoms with Gasteiger partial charge < -0.3 is 4.74 Å². The van der Waals surface area contributed by atoms with Gasteiger partial charge in [-0.05, 0) is 18.8 Å². The molecule has 1 atom stereocenters. The quantitative estimate of drug-likeness (QED) is 0.475. The lowest BCUT2D eigenvalue weighted by atomic mass is 10.0. The Bertz CT molecular complexity index is 141. The summed E-state index contributed by atoms with van der Waals surface area (Å²) < 4.78 is 4.55. The molecular formula is C8H13ClO2. The number of esters is 1. The summed E-state index contributed by atoms with van der Waals surface area (Å²) in [5, 5.41) is -0.414. The molecule has 0 aromatic heterocycles. The Morgan fingerprint density at radius 2 is 2.09 bits per heavy atom. The Balaban J connectivity index is 2.39. The van der Waals surface area contributed by atoms with Gasteiger partial charge in [-0.1, -0.05) is 12.8 Å². The maximum Gasteiger partial charge on any atom is 0.324 e. The van der Waals surface area contributed by atoms with Gasteiger partial charge in [0.1, 0.15) is 5.38 Å². The lowest BCUT2D eigenvalue weighted by Gasteiger charge is -2.13. The summed E-state index contributed by atoms with van der Waals surface area (Å²) in [7, 11) is 1.38. The zero-order valence-corrected chi connectivity index (χ0v) is 7.43. The highest BCUT2D eigenvalue weighted by Gasteiger charge is 2.29. The average molecular weight is 177 g/mol. The number of carbonyl (C=O) groups is 1. The van der Waals surface area contributed by atoms with Crippen molar-refractivity contribution >= 4 is 17.6 Å². The molecule has 2 nitrogen and oxygen atoms in total. The predicted octanol–water partition coefficient (Wildman–Crippen LogP) is 1.96. The van der Waals surface area contributed by atoms with Crippen molar-refractivity contribution in [3.05, 3.63) is 0 Å². The Morgan fingerprint density at radius 3 is 2.55 bits per heavy atom. The van der Waals surface area contributed by atoms with Crippen molar-refractivity contribution in [1.82, 2.24) is 0 Å². The van der Waals surface area contributed by atoms with Crippen LogP contribution in [0.15, 0.2) is 0 Å². The normalized spacial score (nSPS) is 21.6. The minimum absolute atomic E-state index is 0.279. The van der Waals surface area contributed by atoms with E-state index in [0.717, 1.165) is 12.8 Å². The highest BCUT2D eigenvalue weighted by atomic mass is 35.5. The summed E-state index contributed by atoms with van der Waals surface area (Å²) in [5.74, 6) is 0.0719. The highest BCUT2D eigenvalue weighted by Crippen LogP contribution is 2.30. The second kappa shape index (κ2) is 3.96. The van der Waals surface area contributed by atoms with E-state index < -0.39 is 5.38 Å². The smallest absolute Gasteiger partial charge is 0.324 e. The molecule has 1 saturated carbocycles. The second-order valence-corrected chi connectivity index (χ2v) is 3.44. The van der Waals surface area contributed by atoms with Gasteiger partial charge in [-0.15, -0.1) is 11.6 Å². The fraction of sp³-hybridized carbons (Fsp3) is 0.875. The van der Waals surface area contributed by atoms with E-state index in [-0.39, 0.29) is 5.97 Å². The predicted molar refractivity (Wildman–Crippen MR) is 43.6 cm³/mol. The van der Waals surface area contributed by atoms with Crippen molar-refractivity contribution in [2.24, 2.45) is 5.92 Å². The highest BCUT2D eigenvalue weighted by molar-refractivity contribution is 6.30. The minimum Gasteiger partial charge on any atom is -0.468 e. The molecule has 0 N–H and O–H groups in total. The van der Waals surface area contributed by atoms with Gasteiger partial charge in [0.25, 0.3) is 0 Å². The minimum atomic E-state index is -0.414. The molecule has 0 saturated heterocycles. The average Bonchev–Trinajstić information content (AvgIpc) is 2.53. The third kappa shape index (κ3) is 2.09. The van der Waals surface area contributed by atoms with Crippen molar-refractivity contribution in [1.29, 1.82) is 0 Å². The van der Waals surface area contributed by atoms with Crippen LogP contribution in [-0.4, -0.2) is 18.5 Å². The molecule has 0 spiro atoms. The molecule has 0 aromatic rings. The van der Waals surface area contributed by atoms with E-state index in [1.165, 1.54) is 20.0 Å². The largest absolute Gasteiger partial charge is 0.468 e. The maximum atomic E-state index is 10.9. The molecule has 1 fully saturated rings. The third-order valence-corrected chi connectivity index (χ3v) is 2.77. The summed E-state index contributed by atoms with van der Waals surface area (Å²) in [6, 6.07) is 0. The number of ether oxygens (including phenoxy) is 1. The molecule has 0 aromatic carbocycles. The fourth-order valence-corrected chi connectivity index (χ4v) is 1.90. The van der Waals surface area contributed by atoms with E-state index >= 15 is 0 Å². The molecule has 1 aliphatic rings. The van der Waals surface area contributed by atoms with Crippen molar-refractivity contribution in [2.75, 3.05) is 7.11 Å². The van der Waals surface area contributed by atoms with Crippen LogP contribution in [0.5, 0.6) is 0 Å². The van der Waals surface area contributed by atoms with E-state index in [2.05, 4.69) is 4.74 Å². The molecule has 1 unspecified atom stereocenters. The van der Waals surface area contributed by atoms with Gasteiger partial charge in [-0.2, -0.15) is 0 Å². The Hall–Kier alpha value is -0.240. The van der Waals surface area contributed by atoms with Gasteiger partial charge in [0.2, 0.25) is 0 Å². The monoisotopic (exact) mass is 176 g/mol. The second-order valence-electron chi connectivity index (χ2n) is 2.97. The SMILES string of the molecule is COC(=O)C(Cl)C1CCCC1. The van der Waals surface area contributed by atoms with Gasteiger partial charge in [-0.3, -0.25) is 4.79 Å². The number of hydrogen-bond acceptors (Lipinski definition) is 2. The lowest BCUT2D eigenvalue weighted by Crippen LogP contribution is -2.23. The van der Waals surface area contributed by atoms with E-state index in [1.807, 2.05) is 0 Å². The molecule has 3 heteroatoms. The van der Waals surface area contributed by atoms with Crippen molar-refractivity contribution < 1.29 is 9.53 Å². The van der Waals surface area contributed by atoms with E-state index in [0.29, 0.717) is 5.92 Å². The first-order valence-electron chi connectivity index (χ1n) is 3.97. The van der Waals surface area contributed by atoms with Crippen LogP contribution >= 0.6 is 11.6 Å². The molecule has 1 rings (SSSR count). The van der Waals surface area contributed by atoms with Gasteiger partial charge in [-0.25, -0.2) is 0 Å². The zero-order valence-electron chi connectivity index (χ0n) is 6.68. The van der Waals surface area contributed by atoms with Crippen LogP contribution < -0.4 is 0 Å². The molecule has 0 amide bonds. The van der Waals surface area contributed by atoms with Gasteiger partial charge in [0, 0.05) is 0 Å². The molecule has 0 aliphatic heterocycles. The lowest BCUT2D eigenvalue weighted by molar-refractivity contribution is -0.141. The molecule has 0 radical (unpaired) electrons. The van der Waals surface area contributed by atoms with Crippen molar-refractivity contribution in [3.63, 3.8) is 0 Å². The van der Waals surface area contributed by atoms with Crippen LogP contribution in [0.3, 0.4) is 0 Å². The van der Waals surface area contributed by atoms with Crippen molar-refractivity contribution in [3.8, 4) is 0 Å². The number of methoxy groups -OCH3 is 1. The topological polar surface area (TPSA) is 26.3 Å².